The second-order valence-corrected chi connectivity index (χ2v) is 10.4. The van der Waals surface area contributed by atoms with Crippen molar-refractivity contribution in [3.05, 3.63) is 18.2 Å². The fourth-order valence-electron chi connectivity index (χ4n) is 4.08. The van der Waals surface area contributed by atoms with Crippen molar-refractivity contribution in [3.63, 3.8) is 0 Å². The lowest BCUT2D eigenvalue weighted by molar-refractivity contribution is 0.557. The first-order valence-corrected chi connectivity index (χ1v) is 13.2. The molecule has 5 nitrogen and oxygen atoms in total. The van der Waals surface area contributed by atoms with Crippen molar-refractivity contribution >= 4 is 21.2 Å². The van der Waals surface area contributed by atoms with Crippen LogP contribution in [0.5, 0.6) is 0 Å². The zero-order chi connectivity index (χ0) is 21.0. The molecule has 0 aliphatic carbocycles. The summed E-state index contributed by atoms with van der Waals surface area (Å²) >= 11 is 0. The van der Waals surface area contributed by atoms with Crippen LogP contribution in [0.1, 0.15) is 90.4 Å². The van der Waals surface area contributed by atoms with Gasteiger partial charge in [-0.25, -0.2) is 13.9 Å². The molecule has 1 fully saturated rings. The second-order valence-electron chi connectivity index (χ2n) is 8.31. The van der Waals surface area contributed by atoms with Gasteiger partial charge in [0.2, 0.25) is 0 Å². The Labute approximate surface area is 177 Å². The van der Waals surface area contributed by atoms with Crippen LogP contribution in [0.3, 0.4) is 0 Å². The van der Waals surface area contributed by atoms with Crippen molar-refractivity contribution in [1.29, 1.82) is 5.53 Å². The van der Waals surface area contributed by atoms with Crippen LogP contribution in [0, 0.1) is 5.53 Å². The minimum atomic E-state index is -3.41. The van der Waals surface area contributed by atoms with E-state index in [-0.39, 0.29) is 16.3 Å². The van der Waals surface area contributed by atoms with Crippen LogP contribution in [0.15, 0.2) is 28.2 Å². The Morgan fingerprint density at radius 3 is 2.07 bits per heavy atom. The van der Waals surface area contributed by atoms with Crippen molar-refractivity contribution in [3.8, 4) is 0 Å². The van der Waals surface area contributed by atoms with Crippen molar-refractivity contribution in [2.24, 2.45) is 5.11 Å². The van der Waals surface area contributed by atoms with Crippen LogP contribution in [0.25, 0.3) is 0 Å². The third kappa shape index (κ3) is 8.07. The number of benzene rings is 1. The normalized spacial score (nSPS) is 14.9. The molecule has 0 bridgehead atoms. The van der Waals surface area contributed by atoms with Crippen LogP contribution in [0.2, 0.25) is 0 Å². The summed E-state index contributed by atoms with van der Waals surface area (Å²) in [5.74, 6) is 0.148. The maximum atomic E-state index is 12.9. The Morgan fingerprint density at radius 1 is 0.897 bits per heavy atom. The molecule has 2 rings (SSSR count). The minimum absolute atomic E-state index is 0.148. The first-order valence-electron chi connectivity index (χ1n) is 11.6. The molecular formula is C23H39N3O2S. The molecule has 29 heavy (non-hydrogen) atoms. The lowest BCUT2D eigenvalue weighted by Crippen LogP contribution is -2.29. The maximum Gasteiger partial charge on any atom is 0.180 e. The Hall–Kier alpha value is -1.43. The fraction of sp³-hybridized carbons (Fsp3) is 0.739. The number of sulfone groups is 1. The van der Waals surface area contributed by atoms with Crippen LogP contribution >= 0.6 is 0 Å². The van der Waals surface area contributed by atoms with Crippen molar-refractivity contribution < 1.29 is 8.42 Å². The van der Waals surface area contributed by atoms with Gasteiger partial charge in [0.25, 0.3) is 0 Å². The van der Waals surface area contributed by atoms with Gasteiger partial charge in [0.1, 0.15) is 5.69 Å². The third-order valence-electron chi connectivity index (χ3n) is 5.89. The molecular weight excluding hydrogens is 382 g/mol. The fourth-order valence-corrected chi connectivity index (χ4v) is 5.62. The van der Waals surface area contributed by atoms with E-state index in [9.17, 15) is 8.42 Å². The number of nitrogens with zero attached hydrogens (tertiary/aromatic N) is 2. The van der Waals surface area contributed by atoms with E-state index < -0.39 is 9.84 Å². The summed E-state index contributed by atoms with van der Waals surface area (Å²) in [6.45, 7) is 4.17. The highest BCUT2D eigenvalue weighted by Crippen LogP contribution is 2.31. The van der Waals surface area contributed by atoms with E-state index in [1.165, 1.54) is 51.4 Å². The molecule has 0 radical (unpaired) electrons. The monoisotopic (exact) mass is 421 g/mol. The van der Waals surface area contributed by atoms with Crippen molar-refractivity contribution in [2.75, 3.05) is 23.7 Å². The highest BCUT2D eigenvalue weighted by molar-refractivity contribution is 7.91. The number of nitrogens with one attached hydrogen (secondary N) is 1. The predicted molar refractivity (Wildman–Crippen MR) is 121 cm³/mol. The summed E-state index contributed by atoms with van der Waals surface area (Å²) in [5, 5.41) is 3.47. The smallest absolute Gasteiger partial charge is 0.180 e. The van der Waals surface area contributed by atoms with Crippen molar-refractivity contribution in [1.82, 2.24) is 0 Å². The second kappa shape index (κ2) is 13.0. The lowest BCUT2D eigenvalue weighted by atomic mass is 10.1. The minimum Gasteiger partial charge on any atom is -0.372 e. The molecule has 0 amide bonds. The quantitative estimate of drug-likeness (QED) is 0.259. The molecule has 0 aromatic heterocycles. The molecule has 0 spiro atoms. The van der Waals surface area contributed by atoms with E-state index in [0.717, 1.165) is 44.5 Å². The molecule has 1 aromatic carbocycles. The van der Waals surface area contributed by atoms with Gasteiger partial charge in [0.05, 0.1) is 10.6 Å². The number of hydrogen-bond acceptors (Lipinski definition) is 5. The van der Waals surface area contributed by atoms with Crippen molar-refractivity contribution in [2.45, 2.75) is 95.3 Å². The van der Waals surface area contributed by atoms with Gasteiger partial charge in [-0.1, -0.05) is 64.7 Å². The zero-order valence-electron chi connectivity index (χ0n) is 18.2. The van der Waals surface area contributed by atoms with Gasteiger partial charge >= 0.3 is 0 Å². The average molecular weight is 422 g/mol. The molecule has 0 atom stereocenters. The summed E-state index contributed by atoms with van der Waals surface area (Å²) in [4.78, 5) is 2.48. The molecule has 164 valence electrons. The molecule has 1 N–H and O–H groups in total. The molecule has 1 heterocycles. The first kappa shape index (κ1) is 23.8. The summed E-state index contributed by atoms with van der Waals surface area (Å²) in [5.41, 5.74) is 8.58. The van der Waals surface area contributed by atoms with E-state index in [4.69, 9.17) is 5.53 Å². The molecule has 6 heteroatoms. The van der Waals surface area contributed by atoms with E-state index in [1.54, 1.807) is 12.1 Å². The number of rotatable bonds is 14. The Morgan fingerprint density at radius 2 is 1.48 bits per heavy atom. The summed E-state index contributed by atoms with van der Waals surface area (Å²) in [6.07, 6.45) is 15.3. The number of hydrogen-bond donors (Lipinski definition) is 1. The first-order chi connectivity index (χ1) is 14.1. The SMILES string of the molecule is CCCCCCCCCCCCS(=O)(=O)c1cc(N2CCCCC2)ccc1N=N. The molecule has 0 unspecified atom stereocenters. The Kier molecular flexibility index (Phi) is 10.7. The predicted octanol–water partition coefficient (Wildman–Crippen LogP) is 7.03. The van der Waals surface area contributed by atoms with E-state index >= 15 is 0 Å². The van der Waals surface area contributed by atoms with E-state index in [1.807, 2.05) is 6.07 Å². The highest BCUT2D eigenvalue weighted by atomic mass is 32.2. The van der Waals surface area contributed by atoms with Gasteiger partial charge < -0.3 is 4.90 Å². The van der Waals surface area contributed by atoms with Crippen LogP contribution in [-0.4, -0.2) is 27.3 Å². The largest absolute Gasteiger partial charge is 0.372 e. The lowest BCUT2D eigenvalue weighted by Gasteiger charge is -2.29. The van der Waals surface area contributed by atoms with Crippen LogP contribution < -0.4 is 4.90 Å². The van der Waals surface area contributed by atoms with Crippen LogP contribution in [-0.2, 0) is 9.84 Å². The molecule has 1 aromatic rings. The third-order valence-corrected chi connectivity index (χ3v) is 7.71. The van der Waals surface area contributed by atoms with Gasteiger partial charge in [0.15, 0.2) is 9.84 Å². The van der Waals surface area contributed by atoms with Gasteiger partial charge in [-0.05, 0) is 43.9 Å². The standard InChI is InChI=1S/C23H39N3O2S/c1-2-3-4-5-6-7-8-9-10-14-19-29(27,28)23-20-21(15-16-22(23)25-24)26-17-12-11-13-18-26/h15-16,20,24H,2-14,17-19H2,1H3. The summed E-state index contributed by atoms with van der Waals surface area (Å²) < 4.78 is 25.8. The maximum absolute atomic E-state index is 12.9. The zero-order valence-corrected chi connectivity index (χ0v) is 19.0. The molecule has 0 saturated carbocycles. The van der Waals surface area contributed by atoms with Gasteiger partial charge in [-0.15, -0.1) is 0 Å². The van der Waals surface area contributed by atoms with Gasteiger partial charge in [-0.2, -0.15) is 5.11 Å². The summed E-state index contributed by atoms with van der Waals surface area (Å²) in [6, 6.07) is 5.32. The Bertz CT molecular complexity index is 713. The summed E-state index contributed by atoms with van der Waals surface area (Å²) in [7, 11) is -3.41. The Balaban J connectivity index is 1.82. The van der Waals surface area contributed by atoms with Gasteiger partial charge in [-0.3, -0.25) is 0 Å². The number of anilines is 1. The van der Waals surface area contributed by atoms with E-state index in [0.29, 0.717) is 6.42 Å². The average Bonchev–Trinajstić information content (AvgIpc) is 2.75. The number of unbranched alkanes of at least 4 members (excludes halogenated alkanes) is 9. The highest BCUT2D eigenvalue weighted by Gasteiger charge is 2.21. The molecule has 1 saturated heterocycles. The molecule has 1 aliphatic rings. The van der Waals surface area contributed by atoms with Gasteiger partial charge in [0, 0.05) is 18.8 Å². The van der Waals surface area contributed by atoms with E-state index in [2.05, 4.69) is 16.9 Å². The topological polar surface area (TPSA) is 73.6 Å². The van der Waals surface area contributed by atoms with Crippen LogP contribution in [0.4, 0.5) is 11.4 Å². The number of piperidine rings is 1. The molecule has 1 aliphatic heterocycles.